The molecule has 0 spiro atoms. The Morgan fingerprint density at radius 1 is 1.42 bits per heavy atom. The summed E-state index contributed by atoms with van der Waals surface area (Å²) in [6.45, 7) is 5.62. The van der Waals surface area contributed by atoms with Crippen molar-refractivity contribution in [2.24, 2.45) is 0 Å². The number of likely N-dealkylation sites (N-methyl/N-ethyl adjacent to an activating group) is 1. The number of nitrogens with zero attached hydrogens (tertiary/aromatic N) is 1. The molecule has 0 aliphatic carbocycles. The number of rotatable bonds is 3. The largest absolute Gasteiger partial charge is 0.369 e. The number of ether oxygens (including phenoxy) is 1. The van der Waals surface area contributed by atoms with Gasteiger partial charge >= 0.3 is 0 Å². The molecule has 1 aliphatic heterocycles. The monoisotopic (exact) mass is 262 g/mol. The third kappa shape index (κ3) is 3.14. The number of hydrogen-bond acceptors (Lipinski definition) is 3. The summed E-state index contributed by atoms with van der Waals surface area (Å²) in [6.07, 6.45) is -0.0324. The van der Waals surface area contributed by atoms with E-state index >= 15 is 0 Å². The van der Waals surface area contributed by atoms with Crippen LogP contribution in [0.4, 0.5) is 0 Å². The molecule has 1 fully saturated rings. The molecule has 104 valence electrons. The molecule has 1 N–H and O–H groups in total. The lowest BCUT2D eigenvalue weighted by Gasteiger charge is -2.45. The van der Waals surface area contributed by atoms with E-state index in [4.69, 9.17) is 4.74 Å². The van der Waals surface area contributed by atoms with Crippen LogP contribution in [-0.4, -0.2) is 43.1 Å². The van der Waals surface area contributed by atoms with Crippen molar-refractivity contribution in [1.29, 1.82) is 0 Å². The number of morpholine rings is 1. The second kappa shape index (κ2) is 5.72. The molecular formula is C15H22N2O2. The highest BCUT2D eigenvalue weighted by Gasteiger charge is 2.38. The SMILES string of the molecule is CNCC(=O)N1C[C@H](c2ccccc2)OCC1(C)C. The van der Waals surface area contributed by atoms with Gasteiger partial charge in [0.05, 0.1) is 25.2 Å². The number of amides is 1. The fourth-order valence-electron chi connectivity index (χ4n) is 2.40. The molecule has 19 heavy (non-hydrogen) atoms. The third-order valence-corrected chi connectivity index (χ3v) is 3.52. The standard InChI is InChI=1S/C15H22N2O2/c1-15(2)11-19-13(12-7-5-4-6-8-12)10-17(15)14(18)9-16-3/h4-8,13,16H,9-11H2,1-3H3/t13-/m1/s1. The van der Waals surface area contributed by atoms with Gasteiger partial charge in [-0.05, 0) is 26.5 Å². The molecule has 1 saturated heterocycles. The Hall–Kier alpha value is -1.39. The Morgan fingerprint density at radius 2 is 2.11 bits per heavy atom. The van der Waals surface area contributed by atoms with Crippen molar-refractivity contribution in [2.75, 3.05) is 26.7 Å². The molecular weight excluding hydrogens is 240 g/mol. The second-order valence-electron chi connectivity index (χ2n) is 5.56. The minimum absolute atomic E-state index is 0.0324. The Kier molecular flexibility index (Phi) is 4.22. The van der Waals surface area contributed by atoms with Gasteiger partial charge in [0, 0.05) is 0 Å². The molecule has 2 rings (SSSR count). The summed E-state index contributed by atoms with van der Waals surface area (Å²) in [4.78, 5) is 14.1. The van der Waals surface area contributed by atoms with Gasteiger partial charge in [-0.25, -0.2) is 0 Å². The van der Waals surface area contributed by atoms with Gasteiger partial charge in [-0.15, -0.1) is 0 Å². The van der Waals surface area contributed by atoms with Gasteiger partial charge in [0.2, 0.25) is 5.91 Å². The normalized spacial score (nSPS) is 22.3. The molecule has 0 saturated carbocycles. The van der Waals surface area contributed by atoms with Gasteiger partial charge in [-0.1, -0.05) is 30.3 Å². The van der Waals surface area contributed by atoms with Gasteiger partial charge in [-0.2, -0.15) is 0 Å². The zero-order valence-electron chi connectivity index (χ0n) is 11.8. The molecule has 1 aliphatic rings. The minimum Gasteiger partial charge on any atom is -0.369 e. The highest BCUT2D eigenvalue weighted by Crippen LogP contribution is 2.30. The van der Waals surface area contributed by atoms with Crippen LogP contribution in [-0.2, 0) is 9.53 Å². The number of nitrogens with one attached hydrogen (secondary N) is 1. The molecule has 1 aromatic carbocycles. The van der Waals surface area contributed by atoms with Gasteiger partial charge in [-0.3, -0.25) is 4.79 Å². The third-order valence-electron chi connectivity index (χ3n) is 3.52. The van der Waals surface area contributed by atoms with Gasteiger partial charge in [0.25, 0.3) is 0 Å². The summed E-state index contributed by atoms with van der Waals surface area (Å²) < 4.78 is 5.92. The molecule has 4 nitrogen and oxygen atoms in total. The second-order valence-corrected chi connectivity index (χ2v) is 5.56. The Bertz CT molecular complexity index is 431. The minimum atomic E-state index is -0.251. The van der Waals surface area contributed by atoms with Gasteiger partial charge < -0.3 is 15.0 Å². The summed E-state index contributed by atoms with van der Waals surface area (Å²) in [5.41, 5.74) is 0.874. The van der Waals surface area contributed by atoms with Crippen LogP contribution in [0.25, 0.3) is 0 Å². The average Bonchev–Trinajstić information content (AvgIpc) is 2.39. The zero-order chi connectivity index (χ0) is 13.9. The van der Waals surface area contributed by atoms with Crippen LogP contribution in [0.5, 0.6) is 0 Å². The van der Waals surface area contributed by atoms with Crippen molar-refractivity contribution >= 4 is 5.91 Å². The first-order valence-electron chi connectivity index (χ1n) is 6.66. The first-order chi connectivity index (χ1) is 9.04. The summed E-state index contributed by atoms with van der Waals surface area (Å²) in [7, 11) is 1.79. The van der Waals surface area contributed by atoms with E-state index in [9.17, 15) is 4.79 Å². The highest BCUT2D eigenvalue weighted by molar-refractivity contribution is 5.79. The smallest absolute Gasteiger partial charge is 0.237 e. The van der Waals surface area contributed by atoms with E-state index in [0.29, 0.717) is 19.7 Å². The number of benzene rings is 1. The summed E-state index contributed by atoms with van der Waals surface area (Å²) in [6, 6.07) is 10.1. The molecule has 4 heteroatoms. The number of carbonyl (C=O) groups excluding carboxylic acids is 1. The molecule has 1 atom stereocenters. The van der Waals surface area contributed by atoms with E-state index in [-0.39, 0.29) is 17.6 Å². The van der Waals surface area contributed by atoms with Gasteiger partial charge in [0.15, 0.2) is 0 Å². The van der Waals surface area contributed by atoms with Crippen molar-refractivity contribution in [2.45, 2.75) is 25.5 Å². The maximum absolute atomic E-state index is 12.2. The van der Waals surface area contributed by atoms with E-state index in [2.05, 4.69) is 5.32 Å². The predicted octanol–water partition coefficient (Wildman–Crippen LogP) is 1.58. The summed E-state index contributed by atoms with van der Waals surface area (Å²) in [5.74, 6) is 0.122. The molecule has 1 amide bonds. The van der Waals surface area contributed by atoms with Crippen LogP contribution in [0, 0.1) is 0 Å². The van der Waals surface area contributed by atoms with Crippen LogP contribution >= 0.6 is 0 Å². The number of carbonyl (C=O) groups is 1. The Morgan fingerprint density at radius 3 is 2.74 bits per heavy atom. The van der Waals surface area contributed by atoms with E-state index < -0.39 is 0 Å². The fourth-order valence-corrected chi connectivity index (χ4v) is 2.40. The molecule has 1 heterocycles. The van der Waals surface area contributed by atoms with Crippen LogP contribution < -0.4 is 5.32 Å². The van der Waals surface area contributed by atoms with E-state index in [1.807, 2.05) is 49.1 Å². The van der Waals surface area contributed by atoms with E-state index in [0.717, 1.165) is 5.56 Å². The molecule has 0 radical (unpaired) electrons. The lowest BCUT2D eigenvalue weighted by Crippen LogP contribution is -2.57. The van der Waals surface area contributed by atoms with E-state index in [1.165, 1.54) is 0 Å². The Labute approximate surface area is 114 Å². The molecule has 0 bridgehead atoms. The maximum Gasteiger partial charge on any atom is 0.237 e. The van der Waals surface area contributed by atoms with Crippen LogP contribution in [0.15, 0.2) is 30.3 Å². The quantitative estimate of drug-likeness (QED) is 0.899. The lowest BCUT2D eigenvalue weighted by molar-refractivity contribution is -0.153. The highest BCUT2D eigenvalue weighted by atomic mass is 16.5. The Balaban J connectivity index is 2.14. The van der Waals surface area contributed by atoms with Crippen LogP contribution in [0.2, 0.25) is 0 Å². The van der Waals surface area contributed by atoms with E-state index in [1.54, 1.807) is 7.05 Å². The lowest BCUT2D eigenvalue weighted by atomic mass is 9.98. The van der Waals surface area contributed by atoms with Crippen LogP contribution in [0.3, 0.4) is 0 Å². The summed E-state index contributed by atoms with van der Waals surface area (Å²) >= 11 is 0. The first kappa shape index (κ1) is 14.0. The topological polar surface area (TPSA) is 41.6 Å². The predicted molar refractivity (Wildman–Crippen MR) is 74.9 cm³/mol. The van der Waals surface area contributed by atoms with Crippen molar-refractivity contribution in [3.05, 3.63) is 35.9 Å². The number of hydrogen-bond donors (Lipinski definition) is 1. The van der Waals surface area contributed by atoms with Crippen molar-refractivity contribution in [3.63, 3.8) is 0 Å². The maximum atomic E-state index is 12.2. The fraction of sp³-hybridized carbons (Fsp3) is 0.533. The zero-order valence-corrected chi connectivity index (χ0v) is 11.8. The molecule has 0 aromatic heterocycles. The average molecular weight is 262 g/mol. The van der Waals surface area contributed by atoms with Crippen molar-refractivity contribution < 1.29 is 9.53 Å². The molecule has 1 aromatic rings. The van der Waals surface area contributed by atoms with Crippen molar-refractivity contribution in [1.82, 2.24) is 10.2 Å². The molecule has 0 unspecified atom stereocenters. The van der Waals surface area contributed by atoms with Crippen molar-refractivity contribution in [3.8, 4) is 0 Å². The summed E-state index contributed by atoms with van der Waals surface area (Å²) in [5, 5.41) is 2.93. The first-order valence-corrected chi connectivity index (χ1v) is 6.66. The van der Waals surface area contributed by atoms with Gasteiger partial charge in [0.1, 0.15) is 6.10 Å². The van der Waals surface area contributed by atoms with Crippen LogP contribution in [0.1, 0.15) is 25.5 Å².